The van der Waals surface area contributed by atoms with Gasteiger partial charge in [-0.05, 0) is 44.0 Å². The Morgan fingerprint density at radius 3 is 2.67 bits per heavy atom. The fraction of sp³-hybridized carbons (Fsp3) is 0.500. The molecule has 1 aromatic rings. The standard InChI is InChI=1S/C14H20N2O2/c1-2-18-13-7-5-12(6-8-13)16-14(17)9-10-15-11-3-4-11/h5-8,11,15H,2-4,9-10H2,1H3,(H,16,17). The first kappa shape index (κ1) is 12.9. The van der Waals surface area contributed by atoms with Gasteiger partial charge in [0.05, 0.1) is 6.61 Å². The quantitative estimate of drug-likeness (QED) is 0.777. The van der Waals surface area contributed by atoms with Gasteiger partial charge in [0.15, 0.2) is 0 Å². The monoisotopic (exact) mass is 248 g/mol. The molecule has 4 nitrogen and oxygen atoms in total. The molecule has 1 aromatic carbocycles. The number of benzene rings is 1. The van der Waals surface area contributed by atoms with Crippen LogP contribution in [0.15, 0.2) is 24.3 Å². The minimum Gasteiger partial charge on any atom is -0.494 e. The SMILES string of the molecule is CCOc1ccc(NC(=O)CCNC2CC2)cc1. The van der Waals surface area contributed by atoms with Crippen molar-refractivity contribution in [3.8, 4) is 5.75 Å². The zero-order chi connectivity index (χ0) is 12.8. The Hall–Kier alpha value is -1.55. The lowest BCUT2D eigenvalue weighted by molar-refractivity contribution is -0.116. The molecule has 1 aliphatic carbocycles. The van der Waals surface area contributed by atoms with Crippen LogP contribution in [0, 0.1) is 0 Å². The average Bonchev–Trinajstić information content (AvgIpc) is 3.16. The first-order valence-corrected chi connectivity index (χ1v) is 6.54. The maximum absolute atomic E-state index is 11.6. The van der Waals surface area contributed by atoms with Crippen molar-refractivity contribution in [1.29, 1.82) is 0 Å². The van der Waals surface area contributed by atoms with E-state index in [0.717, 1.165) is 18.0 Å². The Morgan fingerprint density at radius 1 is 1.33 bits per heavy atom. The number of anilines is 1. The molecule has 0 saturated heterocycles. The van der Waals surface area contributed by atoms with Crippen molar-refractivity contribution in [1.82, 2.24) is 5.32 Å². The van der Waals surface area contributed by atoms with E-state index in [0.29, 0.717) is 19.1 Å². The summed E-state index contributed by atoms with van der Waals surface area (Å²) < 4.78 is 5.34. The number of rotatable bonds is 7. The summed E-state index contributed by atoms with van der Waals surface area (Å²) in [5.41, 5.74) is 0.815. The molecule has 4 heteroatoms. The lowest BCUT2D eigenvalue weighted by atomic mass is 10.3. The minimum atomic E-state index is 0.0484. The van der Waals surface area contributed by atoms with Crippen LogP contribution in [0.3, 0.4) is 0 Å². The molecule has 1 aliphatic rings. The summed E-state index contributed by atoms with van der Waals surface area (Å²) >= 11 is 0. The van der Waals surface area contributed by atoms with Crippen LogP contribution in [0.25, 0.3) is 0 Å². The Morgan fingerprint density at radius 2 is 2.06 bits per heavy atom. The van der Waals surface area contributed by atoms with Crippen molar-refractivity contribution < 1.29 is 9.53 Å². The molecule has 1 saturated carbocycles. The summed E-state index contributed by atoms with van der Waals surface area (Å²) in [5, 5.41) is 6.19. The van der Waals surface area contributed by atoms with Crippen molar-refractivity contribution in [2.75, 3.05) is 18.5 Å². The van der Waals surface area contributed by atoms with Crippen LogP contribution >= 0.6 is 0 Å². The van der Waals surface area contributed by atoms with Crippen LogP contribution in [0.2, 0.25) is 0 Å². The van der Waals surface area contributed by atoms with E-state index < -0.39 is 0 Å². The third kappa shape index (κ3) is 4.37. The van der Waals surface area contributed by atoms with Crippen LogP contribution in [-0.4, -0.2) is 25.1 Å². The van der Waals surface area contributed by atoms with E-state index in [1.807, 2.05) is 31.2 Å². The topological polar surface area (TPSA) is 50.4 Å². The smallest absolute Gasteiger partial charge is 0.225 e. The zero-order valence-electron chi connectivity index (χ0n) is 10.7. The number of carbonyl (C=O) groups is 1. The fourth-order valence-corrected chi connectivity index (χ4v) is 1.70. The molecule has 1 amide bonds. The van der Waals surface area contributed by atoms with E-state index in [1.165, 1.54) is 12.8 Å². The van der Waals surface area contributed by atoms with Crippen molar-refractivity contribution in [3.63, 3.8) is 0 Å². The van der Waals surface area contributed by atoms with Gasteiger partial charge in [0.2, 0.25) is 5.91 Å². The van der Waals surface area contributed by atoms with Gasteiger partial charge in [-0.15, -0.1) is 0 Å². The number of nitrogens with one attached hydrogen (secondary N) is 2. The van der Waals surface area contributed by atoms with Crippen LogP contribution in [0.5, 0.6) is 5.75 Å². The summed E-state index contributed by atoms with van der Waals surface area (Å²) in [6.45, 7) is 3.36. The van der Waals surface area contributed by atoms with Gasteiger partial charge in [-0.3, -0.25) is 4.79 Å². The van der Waals surface area contributed by atoms with Gasteiger partial charge in [0, 0.05) is 24.7 Å². The van der Waals surface area contributed by atoms with Crippen LogP contribution in [0.4, 0.5) is 5.69 Å². The second kappa shape index (κ2) is 6.40. The second-order valence-electron chi connectivity index (χ2n) is 4.48. The Labute approximate surface area is 108 Å². The predicted octanol–water partition coefficient (Wildman–Crippen LogP) is 2.17. The predicted molar refractivity (Wildman–Crippen MR) is 71.9 cm³/mol. The lowest BCUT2D eigenvalue weighted by Crippen LogP contribution is -2.23. The largest absolute Gasteiger partial charge is 0.494 e. The molecule has 98 valence electrons. The third-order valence-corrected chi connectivity index (χ3v) is 2.81. The fourth-order valence-electron chi connectivity index (χ4n) is 1.70. The summed E-state index contributed by atoms with van der Waals surface area (Å²) in [7, 11) is 0. The first-order valence-electron chi connectivity index (χ1n) is 6.54. The van der Waals surface area contributed by atoms with E-state index in [9.17, 15) is 4.79 Å². The van der Waals surface area contributed by atoms with Gasteiger partial charge in [0.1, 0.15) is 5.75 Å². The Kier molecular flexibility index (Phi) is 4.59. The molecule has 18 heavy (non-hydrogen) atoms. The highest BCUT2D eigenvalue weighted by atomic mass is 16.5. The molecule has 0 unspecified atom stereocenters. The number of hydrogen-bond acceptors (Lipinski definition) is 3. The summed E-state index contributed by atoms with van der Waals surface area (Å²) in [4.78, 5) is 11.6. The molecule has 0 aromatic heterocycles. The first-order chi connectivity index (χ1) is 8.78. The van der Waals surface area contributed by atoms with Gasteiger partial charge in [-0.25, -0.2) is 0 Å². The summed E-state index contributed by atoms with van der Waals surface area (Å²) in [6.07, 6.45) is 3.02. The maximum Gasteiger partial charge on any atom is 0.225 e. The molecular formula is C14H20N2O2. The van der Waals surface area contributed by atoms with E-state index in [1.54, 1.807) is 0 Å². The molecule has 0 radical (unpaired) electrons. The van der Waals surface area contributed by atoms with E-state index in [4.69, 9.17) is 4.74 Å². The molecular weight excluding hydrogens is 228 g/mol. The second-order valence-corrected chi connectivity index (χ2v) is 4.48. The summed E-state index contributed by atoms with van der Waals surface area (Å²) in [5.74, 6) is 0.873. The van der Waals surface area contributed by atoms with E-state index in [2.05, 4.69) is 10.6 Å². The van der Waals surface area contributed by atoms with Gasteiger partial charge >= 0.3 is 0 Å². The molecule has 2 rings (SSSR count). The zero-order valence-corrected chi connectivity index (χ0v) is 10.7. The van der Waals surface area contributed by atoms with Gasteiger partial charge in [-0.1, -0.05) is 0 Å². The highest BCUT2D eigenvalue weighted by Gasteiger charge is 2.19. The van der Waals surface area contributed by atoms with Crippen LogP contribution < -0.4 is 15.4 Å². The molecule has 2 N–H and O–H groups in total. The third-order valence-electron chi connectivity index (χ3n) is 2.81. The molecule has 0 atom stereocenters. The van der Waals surface area contributed by atoms with Crippen LogP contribution in [0.1, 0.15) is 26.2 Å². The van der Waals surface area contributed by atoms with E-state index in [-0.39, 0.29) is 5.91 Å². The van der Waals surface area contributed by atoms with Gasteiger partial charge in [0.25, 0.3) is 0 Å². The van der Waals surface area contributed by atoms with Crippen molar-refractivity contribution in [3.05, 3.63) is 24.3 Å². The van der Waals surface area contributed by atoms with Gasteiger partial charge in [-0.2, -0.15) is 0 Å². The maximum atomic E-state index is 11.6. The molecule has 0 bridgehead atoms. The number of amides is 1. The molecule has 1 fully saturated rings. The number of carbonyl (C=O) groups excluding carboxylic acids is 1. The highest BCUT2D eigenvalue weighted by molar-refractivity contribution is 5.90. The van der Waals surface area contributed by atoms with Crippen molar-refractivity contribution >= 4 is 11.6 Å². The van der Waals surface area contributed by atoms with E-state index >= 15 is 0 Å². The van der Waals surface area contributed by atoms with Crippen LogP contribution in [-0.2, 0) is 4.79 Å². The van der Waals surface area contributed by atoms with Crippen molar-refractivity contribution in [2.45, 2.75) is 32.2 Å². The Balaban J connectivity index is 1.71. The molecule has 0 aliphatic heterocycles. The average molecular weight is 248 g/mol. The molecule has 0 heterocycles. The van der Waals surface area contributed by atoms with Gasteiger partial charge < -0.3 is 15.4 Å². The molecule has 0 spiro atoms. The Bertz CT molecular complexity index is 385. The van der Waals surface area contributed by atoms with Crippen molar-refractivity contribution in [2.24, 2.45) is 0 Å². The minimum absolute atomic E-state index is 0.0484. The number of ether oxygens (including phenoxy) is 1. The normalized spacial score (nSPS) is 14.3. The number of hydrogen-bond donors (Lipinski definition) is 2. The highest BCUT2D eigenvalue weighted by Crippen LogP contribution is 2.18. The lowest BCUT2D eigenvalue weighted by Gasteiger charge is -2.07. The summed E-state index contributed by atoms with van der Waals surface area (Å²) in [6, 6.07) is 8.10.